The Labute approximate surface area is 135 Å². The molecule has 0 bridgehead atoms. The minimum atomic E-state index is 0.0410. The van der Waals surface area contributed by atoms with Crippen LogP contribution in [0.25, 0.3) is 11.1 Å². The Balaban J connectivity index is 1.92. The summed E-state index contributed by atoms with van der Waals surface area (Å²) in [6.45, 7) is 4.79. The SMILES string of the molecule is Cc1ccc(-c2cn(CC3CCSCC3)nc(C)c2=O)cc1. The lowest BCUT2D eigenvalue weighted by Gasteiger charge is -2.22. The molecule has 2 heterocycles. The van der Waals surface area contributed by atoms with Crippen LogP contribution in [0.3, 0.4) is 0 Å². The monoisotopic (exact) mass is 314 g/mol. The summed E-state index contributed by atoms with van der Waals surface area (Å²) >= 11 is 2.04. The molecular weight excluding hydrogens is 292 g/mol. The van der Waals surface area contributed by atoms with Crippen LogP contribution in [0.15, 0.2) is 35.3 Å². The summed E-state index contributed by atoms with van der Waals surface area (Å²) in [4.78, 5) is 12.4. The molecular formula is C18H22N2OS. The van der Waals surface area contributed by atoms with Crippen molar-refractivity contribution >= 4 is 11.8 Å². The van der Waals surface area contributed by atoms with Gasteiger partial charge in [-0.2, -0.15) is 16.9 Å². The maximum atomic E-state index is 12.4. The van der Waals surface area contributed by atoms with Gasteiger partial charge in [-0.1, -0.05) is 29.8 Å². The minimum absolute atomic E-state index is 0.0410. The minimum Gasteiger partial charge on any atom is -0.287 e. The van der Waals surface area contributed by atoms with Gasteiger partial charge in [-0.15, -0.1) is 0 Å². The van der Waals surface area contributed by atoms with E-state index in [4.69, 9.17) is 0 Å². The predicted octanol–water partition coefficient (Wildman–Crippen LogP) is 3.67. The molecule has 0 saturated carbocycles. The molecule has 0 amide bonds. The Bertz CT molecular complexity index is 700. The first kappa shape index (κ1) is 15.3. The van der Waals surface area contributed by atoms with Crippen LogP contribution in [0.5, 0.6) is 0 Å². The van der Waals surface area contributed by atoms with Gasteiger partial charge in [0.2, 0.25) is 5.43 Å². The fourth-order valence-electron chi connectivity index (χ4n) is 2.90. The molecule has 1 aromatic heterocycles. The van der Waals surface area contributed by atoms with Crippen molar-refractivity contribution in [1.29, 1.82) is 0 Å². The average molecular weight is 314 g/mol. The largest absolute Gasteiger partial charge is 0.287 e. The zero-order valence-corrected chi connectivity index (χ0v) is 14.0. The zero-order chi connectivity index (χ0) is 15.5. The molecule has 4 heteroatoms. The van der Waals surface area contributed by atoms with Crippen LogP contribution < -0.4 is 5.43 Å². The van der Waals surface area contributed by atoms with Crippen molar-refractivity contribution in [2.75, 3.05) is 11.5 Å². The van der Waals surface area contributed by atoms with Gasteiger partial charge in [0.1, 0.15) is 5.69 Å². The van der Waals surface area contributed by atoms with Crippen LogP contribution in [0.2, 0.25) is 0 Å². The van der Waals surface area contributed by atoms with Gasteiger partial charge in [0, 0.05) is 18.3 Å². The first-order chi connectivity index (χ1) is 10.6. The fourth-order valence-corrected chi connectivity index (χ4v) is 4.10. The summed E-state index contributed by atoms with van der Waals surface area (Å²) < 4.78 is 1.98. The molecule has 0 aliphatic carbocycles. The highest BCUT2D eigenvalue weighted by atomic mass is 32.2. The molecule has 0 atom stereocenters. The lowest BCUT2D eigenvalue weighted by molar-refractivity contribution is 0.388. The number of hydrogen-bond acceptors (Lipinski definition) is 3. The van der Waals surface area contributed by atoms with E-state index in [1.54, 1.807) is 0 Å². The summed E-state index contributed by atoms with van der Waals surface area (Å²) in [5, 5.41) is 4.47. The smallest absolute Gasteiger partial charge is 0.210 e. The number of nitrogens with zero attached hydrogens (tertiary/aromatic N) is 2. The van der Waals surface area contributed by atoms with Gasteiger partial charge in [0.25, 0.3) is 0 Å². The zero-order valence-electron chi connectivity index (χ0n) is 13.2. The standard InChI is InChI=1S/C18H22N2OS/c1-13-3-5-16(6-4-13)17-12-20(19-14(2)18(17)21)11-15-7-9-22-10-8-15/h3-6,12,15H,7-11H2,1-2H3. The molecule has 1 saturated heterocycles. The van der Waals surface area contributed by atoms with Gasteiger partial charge in [-0.3, -0.25) is 9.48 Å². The van der Waals surface area contributed by atoms with E-state index in [1.807, 2.05) is 53.8 Å². The number of rotatable bonds is 3. The van der Waals surface area contributed by atoms with Crippen molar-refractivity contribution < 1.29 is 0 Å². The molecule has 0 N–H and O–H groups in total. The summed E-state index contributed by atoms with van der Waals surface area (Å²) in [5.74, 6) is 3.17. The van der Waals surface area contributed by atoms with E-state index in [2.05, 4.69) is 12.0 Å². The normalized spacial score (nSPS) is 15.9. The maximum Gasteiger partial charge on any atom is 0.210 e. The summed E-state index contributed by atoms with van der Waals surface area (Å²) in [5.41, 5.74) is 3.57. The van der Waals surface area contributed by atoms with E-state index in [-0.39, 0.29) is 5.43 Å². The Hall–Kier alpha value is -1.55. The Morgan fingerprint density at radius 1 is 1.18 bits per heavy atom. The predicted molar refractivity (Wildman–Crippen MR) is 93.5 cm³/mol. The van der Waals surface area contributed by atoms with Gasteiger partial charge < -0.3 is 0 Å². The Morgan fingerprint density at radius 2 is 1.86 bits per heavy atom. The van der Waals surface area contributed by atoms with Crippen LogP contribution in [0.1, 0.15) is 24.1 Å². The van der Waals surface area contributed by atoms with Crippen molar-refractivity contribution in [1.82, 2.24) is 9.78 Å². The molecule has 1 aliphatic rings. The fraction of sp³-hybridized carbons (Fsp3) is 0.444. The molecule has 0 radical (unpaired) electrons. The van der Waals surface area contributed by atoms with Gasteiger partial charge in [-0.25, -0.2) is 0 Å². The molecule has 1 aliphatic heterocycles. The van der Waals surface area contributed by atoms with Crippen LogP contribution in [-0.4, -0.2) is 21.3 Å². The van der Waals surface area contributed by atoms with E-state index < -0.39 is 0 Å². The second-order valence-electron chi connectivity index (χ2n) is 6.10. The highest BCUT2D eigenvalue weighted by Crippen LogP contribution is 2.24. The quantitative estimate of drug-likeness (QED) is 0.867. The van der Waals surface area contributed by atoms with Gasteiger partial charge in [0.05, 0.1) is 0 Å². The molecule has 1 aromatic carbocycles. The number of hydrogen-bond donors (Lipinski definition) is 0. The molecule has 3 rings (SSSR count). The van der Waals surface area contributed by atoms with Crippen molar-refractivity contribution in [3.8, 4) is 11.1 Å². The molecule has 3 nitrogen and oxygen atoms in total. The maximum absolute atomic E-state index is 12.4. The molecule has 22 heavy (non-hydrogen) atoms. The Morgan fingerprint density at radius 3 is 2.55 bits per heavy atom. The van der Waals surface area contributed by atoms with E-state index in [0.717, 1.165) is 17.7 Å². The third kappa shape index (κ3) is 3.43. The number of aromatic nitrogens is 2. The lowest BCUT2D eigenvalue weighted by atomic mass is 10.0. The molecule has 0 spiro atoms. The van der Waals surface area contributed by atoms with E-state index in [1.165, 1.54) is 29.9 Å². The third-order valence-corrected chi connectivity index (χ3v) is 5.33. The van der Waals surface area contributed by atoms with Gasteiger partial charge >= 0.3 is 0 Å². The summed E-state index contributed by atoms with van der Waals surface area (Å²) in [7, 11) is 0. The van der Waals surface area contributed by atoms with Crippen LogP contribution in [0, 0.1) is 19.8 Å². The average Bonchev–Trinajstić information content (AvgIpc) is 2.53. The van der Waals surface area contributed by atoms with Crippen LogP contribution in [0.4, 0.5) is 0 Å². The van der Waals surface area contributed by atoms with Gasteiger partial charge in [-0.05, 0) is 49.7 Å². The van der Waals surface area contributed by atoms with E-state index in [9.17, 15) is 4.79 Å². The number of thioether (sulfide) groups is 1. The van der Waals surface area contributed by atoms with Crippen molar-refractivity contribution in [3.63, 3.8) is 0 Å². The molecule has 1 fully saturated rings. The number of aryl methyl sites for hydroxylation is 2. The molecule has 0 unspecified atom stereocenters. The second kappa shape index (κ2) is 6.69. The van der Waals surface area contributed by atoms with Crippen LogP contribution >= 0.6 is 11.8 Å². The van der Waals surface area contributed by atoms with E-state index >= 15 is 0 Å². The first-order valence-electron chi connectivity index (χ1n) is 7.86. The summed E-state index contributed by atoms with van der Waals surface area (Å²) in [6, 6.07) is 8.14. The first-order valence-corrected chi connectivity index (χ1v) is 9.02. The molecule has 116 valence electrons. The number of benzene rings is 1. The highest BCUT2D eigenvalue weighted by molar-refractivity contribution is 7.99. The van der Waals surface area contributed by atoms with Crippen LogP contribution in [-0.2, 0) is 6.54 Å². The third-order valence-electron chi connectivity index (χ3n) is 4.28. The lowest BCUT2D eigenvalue weighted by Crippen LogP contribution is -2.22. The summed E-state index contributed by atoms with van der Waals surface area (Å²) in [6.07, 6.45) is 4.43. The van der Waals surface area contributed by atoms with E-state index in [0.29, 0.717) is 11.6 Å². The van der Waals surface area contributed by atoms with Crippen molar-refractivity contribution in [2.24, 2.45) is 5.92 Å². The highest BCUT2D eigenvalue weighted by Gasteiger charge is 2.16. The molecule has 2 aromatic rings. The topological polar surface area (TPSA) is 34.9 Å². The van der Waals surface area contributed by atoms with Gasteiger partial charge in [0.15, 0.2) is 0 Å². The Kier molecular flexibility index (Phi) is 4.67. The van der Waals surface area contributed by atoms with Crippen molar-refractivity contribution in [3.05, 3.63) is 51.9 Å². The van der Waals surface area contributed by atoms with Crippen molar-refractivity contribution in [2.45, 2.75) is 33.2 Å². The second-order valence-corrected chi connectivity index (χ2v) is 7.33.